The van der Waals surface area contributed by atoms with Gasteiger partial charge in [0.2, 0.25) is 15.9 Å². The van der Waals surface area contributed by atoms with Gasteiger partial charge in [0.05, 0.1) is 4.90 Å². The standard InChI is InChI=1S/C23H28N2O3S/c1-24-23(26)22-15-19-9-5-6-10-20(19)16-25(22)29(27,28)21-13-11-18(12-14-21)17-7-3-2-4-8-17/h5-6,9-14,17,22H,2-4,7-8,15-16H2,1H3,(H,24,26). The van der Waals surface area contributed by atoms with E-state index < -0.39 is 16.1 Å². The van der Waals surface area contributed by atoms with E-state index in [1.807, 2.05) is 36.4 Å². The average molecular weight is 413 g/mol. The quantitative estimate of drug-likeness (QED) is 0.834. The van der Waals surface area contributed by atoms with Gasteiger partial charge in [0, 0.05) is 13.6 Å². The average Bonchev–Trinajstić information content (AvgIpc) is 2.78. The molecule has 0 aromatic heterocycles. The molecule has 0 bridgehead atoms. The van der Waals surface area contributed by atoms with Crippen LogP contribution in [0, 0.1) is 0 Å². The Kier molecular flexibility index (Phi) is 5.74. The lowest BCUT2D eigenvalue weighted by atomic mass is 9.84. The monoisotopic (exact) mass is 412 g/mol. The smallest absolute Gasteiger partial charge is 0.244 e. The van der Waals surface area contributed by atoms with Crippen molar-refractivity contribution in [3.05, 3.63) is 65.2 Å². The molecule has 5 nitrogen and oxygen atoms in total. The summed E-state index contributed by atoms with van der Waals surface area (Å²) in [5.41, 5.74) is 3.20. The number of likely N-dealkylation sites (N-methyl/N-ethyl adjacent to an activating group) is 1. The van der Waals surface area contributed by atoms with Crippen LogP contribution in [0.2, 0.25) is 0 Å². The Morgan fingerprint density at radius 3 is 2.28 bits per heavy atom. The lowest BCUT2D eigenvalue weighted by Gasteiger charge is -2.34. The first-order valence-corrected chi connectivity index (χ1v) is 11.8. The predicted octanol–water partition coefficient (Wildman–Crippen LogP) is 3.60. The molecule has 1 fully saturated rings. The van der Waals surface area contributed by atoms with Crippen LogP contribution in [0.5, 0.6) is 0 Å². The van der Waals surface area contributed by atoms with Crippen LogP contribution < -0.4 is 5.32 Å². The Morgan fingerprint density at radius 2 is 1.62 bits per heavy atom. The second-order valence-corrected chi connectivity index (χ2v) is 9.95. The van der Waals surface area contributed by atoms with E-state index in [0.717, 1.165) is 11.1 Å². The minimum Gasteiger partial charge on any atom is -0.358 e. The van der Waals surface area contributed by atoms with Crippen LogP contribution in [0.25, 0.3) is 0 Å². The summed E-state index contributed by atoms with van der Waals surface area (Å²) in [6.45, 7) is 0.209. The SMILES string of the molecule is CNC(=O)C1Cc2ccccc2CN1S(=O)(=O)c1ccc(C2CCCCC2)cc1. The third kappa shape index (κ3) is 3.96. The van der Waals surface area contributed by atoms with Gasteiger partial charge in [0.25, 0.3) is 0 Å². The summed E-state index contributed by atoms with van der Waals surface area (Å²) in [6.07, 6.45) is 6.51. The Bertz CT molecular complexity index is 979. The van der Waals surface area contributed by atoms with Crippen molar-refractivity contribution < 1.29 is 13.2 Å². The van der Waals surface area contributed by atoms with Crippen molar-refractivity contribution in [2.75, 3.05) is 7.05 Å². The summed E-state index contributed by atoms with van der Waals surface area (Å²) < 4.78 is 28.3. The molecule has 6 heteroatoms. The first-order chi connectivity index (χ1) is 14.0. The van der Waals surface area contributed by atoms with Gasteiger partial charge in [0.1, 0.15) is 6.04 Å². The molecule has 0 saturated heterocycles. The fraction of sp³-hybridized carbons (Fsp3) is 0.435. The molecule has 1 saturated carbocycles. The van der Waals surface area contributed by atoms with E-state index in [1.54, 1.807) is 19.2 Å². The van der Waals surface area contributed by atoms with Crippen LogP contribution in [0.1, 0.15) is 54.7 Å². The van der Waals surface area contributed by atoms with Gasteiger partial charge in [0.15, 0.2) is 0 Å². The zero-order chi connectivity index (χ0) is 20.4. The molecular formula is C23H28N2O3S. The number of fused-ring (bicyclic) bond motifs is 1. The first kappa shape index (κ1) is 20.1. The van der Waals surface area contributed by atoms with Gasteiger partial charge in [-0.15, -0.1) is 0 Å². The normalized spacial score (nSPS) is 20.8. The van der Waals surface area contributed by atoms with E-state index in [1.165, 1.54) is 42.0 Å². The Hall–Kier alpha value is -2.18. The molecule has 1 atom stereocenters. The molecule has 0 radical (unpaired) electrons. The summed E-state index contributed by atoms with van der Waals surface area (Å²) in [5.74, 6) is 0.253. The third-order valence-corrected chi connectivity index (χ3v) is 8.19. The maximum atomic E-state index is 13.5. The fourth-order valence-electron chi connectivity index (χ4n) is 4.62. The molecule has 4 rings (SSSR count). The molecule has 2 aromatic rings. The number of rotatable bonds is 4. The van der Waals surface area contributed by atoms with Gasteiger partial charge in [-0.25, -0.2) is 8.42 Å². The molecular weight excluding hydrogens is 384 g/mol. The van der Waals surface area contributed by atoms with E-state index in [2.05, 4.69) is 5.32 Å². The summed E-state index contributed by atoms with van der Waals surface area (Å²) in [6, 6.07) is 14.3. The Labute approximate surface area is 173 Å². The van der Waals surface area contributed by atoms with Gasteiger partial charge in [-0.1, -0.05) is 55.7 Å². The van der Waals surface area contributed by atoms with Crippen LogP contribution in [0.4, 0.5) is 0 Å². The van der Waals surface area contributed by atoms with Crippen LogP contribution in [0.15, 0.2) is 53.4 Å². The maximum Gasteiger partial charge on any atom is 0.244 e. The van der Waals surface area contributed by atoms with E-state index in [-0.39, 0.29) is 17.3 Å². The van der Waals surface area contributed by atoms with Crippen molar-refractivity contribution in [3.63, 3.8) is 0 Å². The molecule has 1 heterocycles. The topological polar surface area (TPSA) is 66.5 Å². The second kappa shape index (κ2) is 8.28. The van der Waals surface area contributed by atoms with Gasteiger partial charge >= 0.3 is 0 Å². The molecule has 0 spiro atoms. The van der Waals surface area contributed by atoms with E-state index in [9.17, 15) is 13.2 Å². The minimum absolute atomic E-state index is 0.209. The van der Waals surface area contributed by atoms with Crippen LogP contribution >= 0.6 is 0 Å². The zero-order valence-electron chi connectivity index (χ0n) is 16.8. The Balaban J connectivity index is 1.64. The molecule has 2 aromatic carbocycles. The molecule has 1 aliphatic heterocycles. The van der Waals surface area contributed by atoms with E-state index >= 15 is 0 Å². The van der Waals surface area contributed by atoms with E-state index in [4.69, 9.17) is 0 Å². The largest absolute Gasteiger partial charge is 0.358 e. The highest BCUT2D eigenvalue weighted by Crippen LogP contribution is 2.34. The van der Waals surface area contributed by atoms with Gasteiger partial charge in [-0.2, -0.15) is 4.31 Å². The lowest BCUT2D eigenvalue weighted by molar-refractivity contribution is -0.124. The van der Waals surface area contributed by atoms with Gasteiger partial charge in [-0.3, -0.25) is 4.79 Å². The molecule has 1 unspecified atom stereocenters. The van der Waals surface area contributed by atoms with Crippen LogP contribution in [-0.2, 0) is 27.8 Å². The van der Waals surface area contributed by atoms with Gasteiger partial charge < -0.3 is 5.32 Å². The molecule has 1 aliphatic carbocycles. The number of nitrogens with one attached hydrogen (secondary N) is 1. The summed E-state index contributed by atoms with van der Waals surface area (Å²) in [4.78, 5) is 12.8. The molecule has 154 valence electrons. The number of amides is 1. The van der Waals surface area contributed by atoms with Crippen molar-refractivity contribution in [1.29, 1.82) is 0 Å². The van der Waals surface area contributed by atoms with Crippen molar-refractivity contribution >= 4 is 15.9 Å². The van der Waals surface area contributed by atoms with Crippen LogP contribution in [-0.4, -0.2) is 31.7 Å². The number of hydrogen-bond donors (Lipinski definition) is 1. The number of carbonyl (C=O) groups excluding carboxylic acids is 1. The number of benzene rings is 2. The number of nitrogens with zero attached hydrogens (tertiary/aromatic N) is 1. The van der Waals surface area contributed by atoms with E-state index in [0.29, 0.717) is 12.3 Å². The first-order valence-electron chi connectivity index (χ1n) is 10.4. The lowest BCUT2D eigenvalue weighted by Crippen LogP contribution is -2.51. The number of hydrogen-bond acceptors (Lipinski definition) is 3. The summed E-state index contributed by atoms with van der Waals surface area (Å²) in [5, 5.41) is 2.63. The minimum atomic E-state index is -3.78. The maximum absolute atomic E-state index is 13.5. The third-order valence-electron chi connectivity index (χ3n) is 6.32. The molecule has 29 heavy (non-hydrogen) atoms. The highest BCUT2D eigenvalue weighted by molar-refractivity contribution is 7.89. The van der Waals surface area contributed by atoms with Crippen molar-refractivity contribution in [2.45, 2.75) is 61.9 Å². The highest BCUT2D eigenvalue weighted by atomic mass is 32.2. The summed E-state index contributed by atoms with van der Waals surface area (Å²) in [7, 11) is -2.24. The highest BCUT2D eigenvalue weighted by Gasteiger charge is 2.39. The van der Waals surface area contributed by atoms with Crippen molar-refractivity contribution in [2.24, 2.45) is 0 Å². The van der Waals surface area contributed by atoms with Crippen molar-refractivity contribution in [1.82, 2.24) is 9.62 Å². The molecule has 1 amide bonds. The fourth-order valence-corrected chi connectivity index (χ4v) is 6.19. The molecule has 1 N–H and O–H groups in total. The number of sulfonamides is 1. The molecule has 2 aliphatic rings. The van der Waals surface area contributed by atoms with Gasteiger partial charge in [-0.05, 0) is 54.0 Å². The number of carbonyl (C=O) groups is 1. The Morgan fingerprint density at radius 1 is 0.966 bits per heavy atom. The summed E-state index contributed by atoms with van der Waals surface area (Å²) >= 11 is 0. The predicted molar refractivity (Wildman–Crippen MR) is 113 cm³/mol. The van der Waals surface area contributed by atoms with Crippen LogP contribution in [0.3, 0.4) is 0 Å². The zero-order valence-corrected chi connectivity index (χ0v) is 17.6. The van der Waals surface area contributed by atoms with Crippen molar-refractivity contribution in [3.8, 4) is 0 Å². The second-order valence-electron chi connectivity index (χ2n) is 8.06.